The first-order chi connectivity index (χ1) is 14.8. The first kappa shape index (κ1) is 19.2. The summed E-state index contributed by atoms with van der Waals surface area (Å²) in [5.74, 6) is 0.348. The van der Waals surface area contributed by atoms with E-state index in [1.165, 1.54) is 0 Å². The molecule has 1 saturated carbocycles. The van der Waals surface area contributed by atoms with Crippen LogP contribution in [0, 0.1) is 0 Å². The highest BCUT2D eigenvalue weighted by Crippen LogP contribution is 2.41. The maximum Gasteiger partial charge on any atom is 0.252 e. The van der Waals surface area contributed by atoms with Crippen LogP contribution in [-0.2, 0) is 4.74 Å². The molecule has 0 spiro atoms. The maximum absolute atomic E-state index is 13.2. The van der Waals surface area contributed by atoms with Crippen molar-refractivity contribution in [1.82, 2.24) is 25.4 Å². The molecule has 1 atom stereocenters. The van der Waals surface area contributed by atoms with Crippen molar-refractivity contribution in [2.24, 2.45) is 0 Å². The van der Waals surface area contributed by atoms with Crippen molar-refractivity contribution in [2.45, 2.75) is 37.6 Å². The van der Waals surface area contributed by atoms with Crippen LogP contribution in [0.5, 0.6) is 0 Å². The summed E-state index contributed by atoms with van der Waals surface area (Å²) in [7, 11) is 1.63. The summed E-state index contributed by atoms with van der Waals surface area (Å²) in [6.45, 7) is 1.92. The Morgan fingerprint density at radius 1 is 1.27 bits per heavy atom. The molecule has 2 N–H and O–H groups in total. The van der Waals surface area contributed by atoms with Crippen molar-refractivity contribution in [3.8, 4) is 5.69 Å². The molecule has 7 heteroatoms. The lowest BCUT2D eigenvalue weighted by atomic mass is 10.0. The molecule has 3 heterocycles. The summed E-state index contributed by atoms with van der Waals surface area (Å²) >= 11 is 0. The van der Waals surface area contributed by atoms with Gasteiger partial charge in [-0.2, -0.15) is 5.10 Å². The molecule has 1 unspecified atom stereocenters. The summed E-state index contributed by atoms with van der Waals surface area (Å²) in [6, 6.07) is 12.2. The molecule has 30 heavy (non-hydrogen) atoms. The average Bonchev–Trinajstić information content (AvgIpc) is 3.35. The Balaban J connectivity index is 1.70. The van der Waals surface area contributed by atoms with Gasteiger partial charge in [-0.1, -0.05) is 18.2 Å². The molecule has 1 saturated heterocycles. The van der Waals surface area contributed by atoms with E-state index in [0.717, 1.165) is 60.3 Å². The van der Waals surface area contributed by atoms with Crippen LogP contribution < -0.4 is 10.6 Å². The fourth-order valence-electron chi connectivity index (χ4n) is 4.20. The van der Waals surface area contributed by atoms with E-state index in [1.54, 1.807) is 7.11 Å². The van der Waals surface area contributed by atoms with E-state index in [0.29, 0.717) is 24.6 Å². The number of amides is 1. The molecule has 0 bridgehead atoms. The zero-order chi connectivity index (χ0) is 20.5. The highest BCUT2D eigenvalue weighted by Gasteiger charge is 2.31. The van der Waals surface area contributed by atoms with Crippen molar-refractivity contribution in [2.75, 3.05) is 26.8 Å². The van der Waals surface area contributed by atoms with Gasteiger partial charge in [-0.25, -0.2) is 9.67 Å². The van der Waals surface area contributed by atoms with Crippen LogP contribution >= 0.6 is 0 Å². The third-order valence-electron chi connectivity index (χ3n) is 5.91. The first-order valence-corrected chi connectivity index (χ1v) is 10.8. The number of nitrogens with one attached hydrogen (secondary N) is 2. The fourth-order valence-corrected chi connectivity index (χ4v) is 4.20. The number of rotatable bonds is 7. The predicted octanol–water partition coefficient (Wildman–Crippen LogP) is 3.10. The Labute approximate surface area is 175 Å². The Kier molecular flexibility index (Phi) is 5.23. The van der Waals surface area contributed by atoms with Crippen LogP contribution in [0.4, 0.5) is 0 Å². The highest BCUT2D eigenvalue weighted by molar-refractivity contribution is 6.07. The fraction of sp³-hybridized carbons (Fsp3) is 0.435. The number of hydrogen-bond donors (Lipinski definition) is 2. The van der Waals surface area contributed by atoms with Gasteiger partial charge in [0.25, 0.3) is 5.91 Å². The molecule has 7 nitrogen and oxygen atoms in total. The van der Waals surface area contributed by atoms with Gasteiger partial charge in [-0.05, 0) is 50.4 Å². The van der Waals surface area contributed by atoms with Gasteiger partial charge in [0.15, 0.2) is 5.65 Å². The number of nitrogens with zero attached hydrogens (tertiary/aromatic N) is 3. The lowest BCUT2D eigenvalue weighted by Gasteiger charge is -2.11. The molecule has 2 fully saturated rings. The van der Waals surface area contributed by atoms with Gasteiger partial charge in [0.05, 0.1) is 35.0 Å². The van der Waals surface area contributed by atoms with Crippen LogP contribution in [-0.4, -0.2) is 47.5 Å². The van der Waals surface area contributed by atoms with Crippen molar-refractivity contribution in [3.63, 3.8) is 0 Å². The summed E-state index contributed by atoms with van der Waals surface area (Å²) in [5, 5.41) is 12.4. The predicted molar refractivity (Wildman–Crippen MR) is 115 cm³/mol. The standard InChI is InChI=1S/C23H27N5O2/c1-30-13-12-25-23(29)17-14-19(15-9-10-15)26-22-20(17)21(18-8-5-11-24-18)27-28(22)16-6-3-2-4-7-16/h2-4,6-7,14-15,18,24H,5,8-13H2,1H3,(H,25,29). The van der Waals surface area contributed by atoms with E-state index in [4.69, 9.17) is 14.8 Å². The Morgan fingerprint density at radius 2 is 2.10 bits per heavy atom. The molecule has 1 aromatic carbocycles. The van der Waals surface area contributed by atoms with Crippen molar-refractivity contribution in [3.05, 3.63) is 53.3 Å². The van der Waals surface area contributed by atoms with Crippen molar-refractivity contribution in [1.29, 1.82) is 0 Å². The molecular formula is C23H27N5O2. The number of hydrogen-bond acceptors (Lipinski definition) is 5. The van der Waals surface area contributed by atoms with Crippen LogP contribution in [0.25, 0.3) is 16.7 Å². The van der Waals surface area contributed by atoms with Gasteiger partial charge in [0.1, 0.15) is 0 Å². The van der Waals surface area contributed by atoms with E-state index in [2.05, 4.69) is 10.6 Å². The normalized spacial score (nSPS) is 18.8. The molecule has 2 aliphatic rings. The van der Waals surface area contributed by atoms with Gasteiger partial charge in [0, 0.05) is 25.3 Å². The second kappa shape index (κ2) is 8.16. The van der Waals surface area contributed by atoms with Gasteiger partial charge >= 0.3 is 0 Å². The number of aromatic nitrogens is 3. The molecule has 2 aromatic heterocycles. The molecule has 1 aliphatic carbocycles. The summed E-state index contributed by atoms with van der Waals surface area (Å²) in [4.78, 5) is 18.2. The minimum atomic E-state index is -0.0896. The van der Waals surface area contributed by atoms with Crippen LogP contribution in [0.2, 0.25) is 0 Å². The van der Waals surface area contributed by atoms with Gasteiger partial charge < -0.3 is 15.4 Å². The largest absolute Gasteiger partial charge is 0.383 e. The van der Waals surface area contributed by atoms with Crippen LogP contribution in [0.1, 0.15) is 59.4 Å². The molecule has 1 aliphatic heterocycles. The molecular weight excluding hydrogens is 378 g/mol. The van der Waals surface area contributed by atoms with E-state index in [9.17, 15) is 4.79 Å². The summed E-state index contributed by atoms with van der Waals surface area (Å²) < 4.78 is 7.01. The molecule has 1 amide bonds. The van der Waals surface area contributed by atoms with Crippen LogP contribution in [0.3, 0.4) is 0 Å². The molecule has 156 valence electrons. The van der Waals surface area contributed by atoms with Gasteiger partial charge in [-0.15, -0.1) is 0 Å². The second-order valence-electron chi connectivity index (χ2n) is 8.10. The van der Waals surface area contributed by atoms with E-state index >= 15 is 0 Å². The number of pyridine rings is 1. The second-order valence-corrected chi connectivity index (χ2v) is 8.10. The van der Waals surface area contributed by atoms with Crippen molar-refractivity contribution < 1.29 is 9.53 Å². The monoisotopic (exact) mass is 405 g/mol. The number of fused-ring (bicyclic) bond motifs is 1. The smallest absolute Gasteiger partial charge is 0.252 e. The Morgan fingerprint density at radius 3 is 2.80 bits per heavy atom. The lowest BCUT2D eigenvalue weighted by Crippen LogP contribution is -2.27. The van der Waals surface area contributed by atoms with E-state index in [1.807, 2.05) is 41.1 Å². The SMILES string of the molecule is COCCNC(=O)c1cc(C2CC2)nc2c1c(C1CCCN1)nn2-c1ccccc1. The highest BCUT2D eigenvalue weighted by atomic mass is 16.5. The number of ether oxygens (including phenoxy) is 1. The van der Waals surface area contributed by atoms with E-state index in [-0.39, 0.29) is 11.9 Å². The third kappa shape index (κ3) is 3.59. The number of para-hydroxylation sites is 1. The Hall–Kier alpha value is -2.77. The van der Waals surface area contributed by atoms with E-state index < -0.39 is 0 Å². The number of benzene rings is 1. The topological polar surface area (TPSA) is 81.1 Å². The molecule has 3 aromatic rings. The van der Waals surface area contributed by atoms with Crippen molar-refractivity contribution >= 4 is 16.9 Å². The van der Waals surface area contributed by atoms with Gasteiger partial charge in [0.2, 0.25) is 0 Å². The first-order valence-electron chi connectivity index (χ1n) is 10.8. The summed E-state index contributed by atoms with van der Waals surface area (Å²) in [5.41, 5.74) is 4.30. The summed E-state index contributed by atoms with van der Waals surface area (Å²) in [6.07, 6.45) is 4.36. The minimum absolute atomic E-state index is 0.0896. The van der Waals surface area contributed by atoms with Crippen LogP contribution in [0.15, 0.2) is 36.4 Å². The average molecular weight is 406 g/mol. The number of methoxy groups -OCH3 is 1. The zero-order valence-electron chi connectivity index (χ0n) is 17.2. The molecule has 0 radical (unpaired) electrons. The number of carbonyl (C=O) groups excluding carboxylic acids is 1. The zero-order valence-corrected chi connectivity index (χ0v) is 17.2. The minimum Gasteiger partial charge on any atom is -0.383 e. The Bertz CT molecular complexity index is 1050. The van der Waals surface area contributed by atoms with Gasteiger partial charge in [-0.3, -0.25) is 4.79 Å². The number of carbonyl (C=O) groups is 1. The maximum atomic E-state index is 13.2. The quantitative estimate of drug-likeness (QED) is 0.591. The molecule has 5 rings (SSSR count). The third-order valence-corrected chi connectivity index (χ3v) is 5.91. The lowest BCUT2D eigenvalue weighted by molar-refractivity contribution is 0.0938.